The molecule has 15 N–H and O–H groups in total. The Kier molecular flexibility index (Phi) is 14.6. The van der Waals surface area contributed by atoms with Crippen LogP contribution in [-0.4, -0.2) is 82.9 Å². The van der Waals surface area contributed by atoms with Crippen LogP contribution in [0.1, 0.15) is 50.5 Å². The summed E-state index contributed by atoms with van der Waals surface area (Å²) in [5.41, 5.74) is 29.0. The number of carboxylic acid groups (broad SMARTS) is 1. The molecule has 0 saturated carbocycles. The Labute approximate surface area is 254 Å². The number of H-pyrrole nitrogens is 1. The molecule has 2 rings (SSSR count). The molecule has 1 aromatic heterocycles. The Morgan fingerprint density at radius 3 is 2.11 bits per heavy atom. The molecule has 4 amide bonds. The van der Waals surface area contributed by atoms with Crippen molar-refractivity contribution in [3.8, 4) is 0 Å². The van der Waals surface area contributed by atoms with Gasteiger partial charge in [-0.05, 0) is 50.3 Å². The smallest absolute Gasteiger partial charge is 0.326 e. The van der Waals surface area contributed by atoms with E-state index in [0.717, 1.165) is 10.9 Å². The second-order valence-electron chi connectivity index (χ2n) is 10.4. The minimum atomic E-state index is -1.32. The number of rotatable bonds is 20. The molecule has 1 heterocycles. The van der Waals surface area contributed by atoms with Gasteiger partial charge in [-0.1, -0.05) is 24.6 Å². The van der Waals surface area contributed by atoms with E-state index in [1.807, 2.05) is 24.3 Å². The minimum absolute atomic E-state index is 0.0287. The highest BCUT2D eigenvalue weighted by Crippen LogP contribution is 2.19. The van der Waals surface area contributed by atoms with E-state index in [1.165, 1.54) is 0 Å². The van der Waals surface area contributed by atoms with Crippen molar-refractivity contribution in [1.82, 2.24) is 20.9 Å². The summed E-state index contributed by atoms with van der Waals surface area (Å²) < 4.78 is 0. The number of aliphatic carboxylic acids is 1. The lowest BCUT2D eigenvalue weighted by Gasteiger charge is -2.25. The number of hydrogen-bond acceptors (Lipinski definition) is 8. The number of nitrogens with zero attached hydrogens (tertiary/aromatic N) is 1. The Hall–Kier alpha value is -4.70. The second kappa shape index (κ2) is 18.1. The van der Waals surface area contributed by atoms with E-state index in [0.29, 0.717) is 31.4 Å². The number of para-hydroxylation sites is 1. The molecule has 4 atom stereocenters. The van der Waals surface area contributed by atoms with Gasteiger partial charge in [0, 0.05) is 36.5 Å². The first-order valence-corrected chi connectivity index (χ1v) is 14.4. The van der Waals surface area contributed by atoms with E-state index in [4.69, 9.17) is 28.7 Å². The fourth-order valence-electron chi connectivity index (χ4n) is 4.51. The number of aliphatic imine (C=N–C) groups is 1. The number of benzene rings is 1. The highest BCUT2D eigenvalue weighted by molar-refractivity contribution is 5.94. The van der Waals surface area contributed by atoms with Gasteiger partial charge < -0.3 is 54.7 Å². The minimum Gasteiger partial charge on any atom is -0.480 e. The van der Waals surface area contributed by atoms with Crippen molar-refractivity contribution >= 4 is 46.5 Å². The number of unbranched alkanes of at least 4 members (excludes halogenated alkanes) is 1. The van der Waals surface area contributed by atoms with Gasteiger partial charge in [-0.15, -0.1) is 0 Å². The lowest BCUT2D eigenvalue weighted by atomic mass is 10.0. The van der Waals surface area contributed by atoms with Gasteiger partial charge in [0.1, 0.15) is 18.1 Å². The number of carbonyl (C=O) groups is 5. The van der Waals surface area contributed by atoms with Crippen LogP contribution in [0.4, 0.5) is 0 Å². The van der Waals surface area contributed by atoms with Crippen molar-refractivity contribution in [2.24, 2.45) is 33.7 Å². The summed E-state index contributed by atoms with van der Waals surface area (Å²) in [5, 5.41) is 18.3. The summed E-state index contributed by atoms with van der Waals surface area (Å²) >= 11 is 0. The zero-order valence-corrected chi connectivity index (χ0v) is 24.6. The average Bonchev–Trinajstić information content (AvgIpc) is 3.38. The zero-order valence-electron chi connectivity index (χ0n) is 24.6. The monoisotopic (exact) mass is 616 g/mol. The molecule has 0 bridgehead atoms. The molecule has 0 spiro atoms. The summed E-state index contributed by atoms with van der Waals surface area (Å²) in [5.74, 6) is -4.29. The van der Waals surface area contributed by atoms with Crippen LogP contribution in [-0.2, 0) is 30.4 Å². The van der Waals surface area contributed by atoms with E-state index < -0.39 is 53.8 Å². The lowest BCUT2D eigenvalue weighted by molar-refractivity contribution is -0.142. The van der Waals surface area contributed by atoms with Crippen molar-refractivity contribution in [1.29, 1.82) is 0 Å². The van der Waals surface area contributed by atoms with Crippen molar-refractivity contribution < 1.29 is 29.1 Å². The van der Waals surface area contributed by atoms with E-state index in [-0.39, 0.29) is 44.6 Å². The summed E-state index contributed by atoms with van der Waals surface area (Å²) in [6, 6.07) is 2.60. The summed E-state index contributed by atoms with van der Waals surface area (Å²) in [7, 11) is 0. The fourth-order valence-corrected chi connectivity index (χ4v) is 4.51. The maximum atomic E-state index is 13.4. The summed E-state index contributed by atoms with van der Waals surface area (Å²) in [6.07, 6.45) is 3.15. The normalized spacial score (nSPS) is 13.7. The number of carboxylic acids is 1. The van der Waals surface area contributed by atoms with Crippen molar-refractivity contribution in [3.05, 3.63) is 36.0 Å². The van der Waals surface area contributed by atoms with Gasteiger partial charge in [-0.3, -0.25) is 24.2 Å². The number of nitrogens with one attached hydrogen (secondary N) is 4. The van der Waals surface area contributed by atoms with Gasteiger partial charge in [0.05, 0.1) is 6.04 Å². The number of nitrogens with two attached hydrogens (primary N) is 5. The van der Waals surface area contributed by atoms with Crippen LogP contribution in [0, 0.1) is 0 Å². The molecule has 4 unspecified atom stereocenters. The van der Waals surface area contributed by atoms with E-state index in [2.05, 4.69) is 25.9 Å². The molecule has 0 fully saturated rings. The van der Waals surface area contributed by atoms with Gasteiger partial charge in [0.2, 0.25) is 23.6 Å². The van der Waals surface area contributed by atoms with Gasteiger partial charge in [-0.25, -0.2) is 4.79 Å². The third kappa shape index (κ3) is 11.9. The summed E-state index contributed by atoms with van der Waals surface area (Å²) in [4.78, 5) is 70.0. The molecule has 2 aromatic rings. The van der Waals surface area contributed by atoms with E-state index in [1.54, 1.807) is 6.20 Å². The lowest BCUT2D eigenvalue weighted by Crippen LogP contribution is -2.57. The number of aromatic nitrogens is 1. The molecule has 44 heavy (non-hydrogen) atoms. The Balaban J connectivity index is 2.21. The standard InChI is InChI=1S/C28H44N10O6/c29-12-4-3-7-18(30)24(40)36-21(10-11-23(31)39)26(42)37-20(9-5-13-34-28(32)33)25(41)38-22(27(43)44)14-16-15-35-19-8-2-1-6-17(16)19/h1-2,6,8,15,18,20-22,35H,3-5,7,9-14,29-30H2,(H2,31,39)(H,36,40)(H,37,42)(H,38,41)(H,43,44)(H4,32,33,34). The van der Waals surface area contributed by atoms with Crippen LogP contribution in [0.3, 0.4) is 0 Å². The molecule has 16 nitrogen and oxygen atoms in total. The molecular formula is C28H44N10O6. The number of hydrogen-bond donors (Lipinski definition) is 10. The predicted molar refractivity (Wildman–Crippen MR) is 165 cm³/mol. The van der Waals surface area contributed by atoms with Crippen molar-refractivity contribution in [2.45, 2.75) is 75.5 Å². The van der Waals surface area contributed by atoms with E-state index >= 15 is 0 Å². The number of carbonyl (C=O) groups excluding carboxylic acids is 4. The Morgan fingerprint density at radius 1 is 0.841 bits per heavy atom. The highest BCUT2D eigenvalue weighted by Gasteiger charge is 2.30. The topological polar surface area (TPSA) is 300 Å². The van der Waals surface area contributed by atoms with Crippen LogP contribution in [0.15, 0.2) is 35.5 Å². The van der Waals surface area contributed by atoms with Crippen LogP contribution >= 0.6 is 0 Å². The van der Waals surface area contributed by atoms with Crippen LogP contribution in [0.5, 0.6) is 0 Å². The molecule has 0 aliphatic rings. The molecule has 16 heteroatoms. The quantitative estimate of drug-likeness (QED) is 0.0444. The first-order valence-electron chi connectivity index (χ1n) is 14.4. The SMILES string of the molecule is NCCCCC(N)C(=O)NC(CCC(N)=O)C(=O)NC(CCCN=C(N)N)C(=O)NC(Cc1c[nH]c2ccccc12)C(=O)O. The third-order valence-corrected chi connectivity index (χ3v) is 6.91. The first-order chi connectivity index (χ1) is 20.9. The number of aromatic amines is 1. The zero-order chi connectivity index (χ0) is 32.6. The Morgan fingerprint density at radius 2 is 1.48 bits per heavy atom. The molecule has 0 saturated heterocycles. The number of fused-ring (bicyclic) bond motifs is 1. The number of amides is 4. The molecule has 0 aliphatic heterocycles. The number of guanidine groups is 1. The molecule has 1 aromatic carbocycles. The first kappa shape index (κ1) is 35.5. The maximum absolute atomic E-state index is 13.4. The van der Waals surface area contributed by atoms with Crippen molar-refractivity contribution in [3.63, 3.8) is 0 Å². The fraction of sp³-hybridized carbons (Fsp3) is 0.500. The highest BCUT2D eigenvalue weighted by atomic mass is 16.4. The summed E-state index contributed by atoms with van der Waals surface area (Å²) in [6.45, 7) is 0.578. The second-order valence-corrected chi connectivity index (χ2v) is 10.4. The van der Waals surface area contributed by atoms with Crippen molar-refractivity contribution in [2.75, 3.05) is 13.1 Å². The number of primary amides is 1. The van der Waals surface area contributed by atoms with Crippen LogP contribution in [0.25, 0.3) is 10.9 Å². The van der Waals surface area contributed by atoms with Crippen LogP contribution in [0.2, 0.25) is 0 Å². The van der Waals surface area contributed by atoms with Crippen LogP contribution < -0.4 is 44.6 Å². The largest absolute Gasteiger partial charge is 0.480 e. The molecular weight excluding hydrogens is 572 g/mol. The molecule has 0 aliphatic carbocycles. The van der Waals surface area contributed by atoms with Gasteiger partial charge in [-0.2, -0.15) is 0 Å². The molecule has 0 radical (unpaired) electrons. The maximum Gasteiger partial charge on any atom is 0.326 e. The van der Waals surface area contributed by atoms with Gasteiger partial charge in [0.25, 0.3) is 0 Å². The van der Waals surface area contributed by atoms with Gasteiger partial charge in [0.15, 0.2) is 5.96 Å². The Bertz CT molecular complexity index is 1310. The van der Waals surface area contributed by atoms with Gasteiger partial charge >= 0.3 is 5.97 Å². The molecule has 242 valence electrons. The van der Waals surface area contributed by atoms with E-state index in [9.17, 15) is 29.1 Å². The third-order valence-electron chi connectivity index (χ3n) is 6.91. The predicted octanol–water partition coefficient (Wildman–Crippen LogP) is -1.98. The average molecular weight is 617 g/mol.